The first kappa shape index (κ1) is 13.6. The lowest BCUT2D eigenvalue weighted by atomic mass is 10.1. The van der Waals surface area contributed by atoms with Crippen molar-refractivity contribution in [3.05, 3.63) is 24.3 Å². The molecule has 116 valence electrons. The number of rotatable bonds is 3. The fraction of sp³-hybridized carbons (Fsp3) is 0.600. The van der Waals surface area contributed by atoms with E-state index in [0.29, 0.717) is 24.7 Å². The smallest absolute Gasteiger partial charge is 0.274 e. The summed E-state index contributed by atoms with van der Waals surface area (Å²) in [6.07, 6.45) is 6.83. The van der Waals surface area contributed by atoms with Gasteiger partial charge in [0.25, 0.3) is 5.91 Å². The highest BCUT2D eigenvalue weighted by Gasteiger charge is 2.46. The zero-order valence-electron chi connectivity index (χ0n) is 12.2. The van der Waals surface area contributed by atoms with Gasteiger partial charge in [-0.15, -0.1) is 0 Å². The minimum absolute atomic E-state index is 0.0255. The van der Waals surface area contributed by atoms with Gasteiger partial charge in [-0.2, -0.15) is 0 Å². The molecule has 0 aromatic carbocycles. The Kier molecular flexibility index (Phi) is 3.29. The van der Waals surface area contributed by atoms with Gasteiger partial charge < -0.3 is 14.5 Å². The van der Waals surface area contributed by atoms with Gasteiger partial charge >= 0.3 is 0 Å². The number of ether oxygens (including phenoxy) is 1. The van der Waals surface area contributed by atoms with Crippen molar-refractivity contribution < 1.29 is 14.3 Å². The largest absolute Gasteiger partial charge is 0.364 e. The number of aromatic nitrogens is 2. The standard InChI is InChI=1S/C15H18N4O3/c20-14-9-22-13-8-18(15(21)11-5-16-3-4-17-11)7-12(13)19(14)6-10-1-2-10/h3-5,10,12-13H,1-2,6-9H2/t12-,13-/m1/s1. The van der Waals surface area contributed by atoms with Crippen molar-refractivity contribution in [3.8, 4) is 0 Å². The molecule has 3 heterocycles. The minimum atomic E-state index is -0.148. The highest BCUT2D eigenvalue weighted by atomic mass is 16.5. The zero-order valence-corrected chi connectivity index (χ0v) is 12.2. The van der Waals surface area contributed by atoms with Crippen molar-refractivity contribution in [2.24, 2.45) is 5.92 Å². The average Bonchev–Trinajstić information content (AvgIpc) is 3.26. The summed E-state index contributed by atoms with van der Waals surface area (Å²) in [5, 5.41) is 0. The summed E-state index contributed by atoms with van der Waals surface area (Å²) in [7, 11) is 0. The van der Waals surface area contributed by atoms with Crippen LogP contribution < -0.4 is 0 Å². The molecule has 3 aliphatic rings. The lowest BCUT2D eigenvalue weighted by molar-refractivity contribution is -0.153. The Morgan fingerprint density at radius 1 is 1.32 bits per heavy atom. The Bertz CT molecular complexity index is 590. The molecule has 0 unspecified atom stereocenters. The van der Waals surface area contributed by atoms with Crippen LogP contribution in [0.3, 0.4) is 0 Å². The van der Waals surface area contributed by atoms with E-state index in [-0.39, 0.29) is 30.6 Å². The van der Waals surface area contributed by atoms with E-state index in [4.69, 9.17) is 4.74 Å². The maximum atomic E-state index is 12.5. The van der Waals surface area contributed by atoms with Crippen molar-refractivity contribution in [1.82, 2.24) is 19.8 Å². The molecule has 2 saturated heterocycles. The summed E-state index contributed by atoms with van der Waals surface area (Å²) in [6, 6.07) is -0.0255. The lowest BCUT2D eigenvalue weighted by Crippen LogP contribution is -2.54. The molecule has 7 heteroatoms. The first-order valence-corrected chi connectivity index (χ1v) is 7.69. The van der Waals surface area contributed by atoms with Crippen LogP contribution in [-0.4, -0.2) is 70.0 Å². The molecule has 4 rings (SSSR count). The summed E-state index contributed by atoms with van der Waals surface area (Å²) in [5.41, 5.74) is 0.334. The molecular weight excluding hydrogens is 284 g/mol. The molecule has 0 spiro atoms. The summed E-state index contributed by atoms with van der Waals surface area (Å²) >= 11 is 0. The highest BCUT2D eigenvalue weighted by molar-refractivity contribution is 5.92. The number of likely N-dealkylation sites (tertiary alicyclic amines) is 1. The van der Waals surface area contributed by atoms with Crippen LogP contribution in [0, 0.1) is 5.92 Å². The Hall–Kier alpha value is -2.02. The van der Waals surface area contributed by atoms with Gasteiger partial charge in [-0.05, 0) is 18.8 Å². The molecule has 1 aliphatic carbocycles. The van der Waals surface area contributed by atoms with Crippen LogP contribution in [0.5, 0.6) is 0 Å². The molecule has 0 N–H and O–H groups in total. The van der Waals surface area contributed by atoms with Crippen molar-refractivity contribution in [3.63, 3.8) is 0 Å². The minimum Gasteiger partial charge on any atom is -0.364 e. The zero-order chi connectivity index (χ0) is 15.1. The number of carbonyl (C=O) groups is 2. The van der Waals surface area contributed by atoms with Crippen molar-refractivity contribution >= 4 is 11.8 Å². The number of hydrogen-bond donors (Lipinski definition) is 0. The van der Waals surface area contributed by atoms with Crippen LogP contribution in [0.2, 0.25) is 0 Å². The molecule has 0 radical (unpaired) electrons. The maximum absolute atomic E-state index is 12.5. The molecule has 0 bridgehead atoms. The van der Waals surface area contributed by atoms with Gasteiger partial charge in [0.2, 0.25) is 5.91 Å². The van der Waals surface area contributed by atoms with E-state index >= 15 is 0 Å². The van der Waals surface area contributed by atoms with Crippen molar-refractivity contribution in [1.29, 1.82) is 0 Å². The Balaban J connectivity index is 1.49. The van der Waals surface area contributed by atoms with Gasteiger partial charge in [0.05, 0.1) is 18.3 Å². The quantitative estimate of drug-likeness (QED) is 0.782. The highest BCUT2D eigenvalue weighted by Crippen LogP contribution is 2.33. The number of nitrogens with zero attached hydrogens (tertiary/aromatic N) is 4. The van der Waals surface area contributed by atoms with Crippen LogP contribution in [0.4, 0.5) is 0 Å². The molecular formula is C15H18N4O3. The summed E-state index contributed by atoms with van der Waals surface area (Å²) < 4.78 is 5.64. The van der Waals surface area contributed by atoms with E-state index < -0.39 is 0 Å². The third-order valence-corrected chi connectivity index (χ3v) is 4.60. The third kappa shape index (κ3) is 2.45. The summed E-state index contributed by atoms with van der Waals surface area (Å²) in [5.74, 6) is 0.527. The molecule has 3 fully saturated rings. The number of fused-ring (bicyclic) bond motifs is 1. The fourth-order valence-corrected chi connectivity index (χ4v) is 3.22. The van der Waals surface area contributed by atoms with Gasteiger partial charge in [-0.25, -0.2) is 4.98 Å². The van der Waals surface area contributed by atoms with E-state index in [2.05, 4.69) is 9.97 Å². The van der Waals surface area contributed by atoms with Gasteiger partial charge in [0, 0.05) is 32.0 Å². The molecule has 1 aromatic rings. The predicted octanol–water partition coefficient (Wildman–Crippen LogP) is -0.0616. The average molecular weight is 302 g/mol. The SMILES string of the molecule is O=C(c1cnccn1)N1C[C@@H]2[C@@H](C1)OCC(=O)N2CC1CC1. The first-order chi connectivity index (χ1) is 10.7. The van der Waals surface area contributed by atoms with E-state index in [1.54, 1.807) is 11.1 Å². The van der Waals surface area contributed by atoms with E-state index in [1.165, 1.54) is 25.2 Å². The number of hydrogen-bond acceptors (Lipinski definition) is 5. The molecule has 7 nitrogen and oxygen atoms in total. The normalized spacial score (nSPS) is 27.9. The second-order valence-corrected chi connectivity index (χ2v) is 6.21. The van der Waals surface area contributed by atoms with E-state index in [9.17, 15) is 9.59 Å². The van der Waals surface area contributed by atoms with Gasteiger partial charge in [-0.3, -0.25) is 14.6 Å². The molecule has 1 aromatic heterocycles. The van der Waals surface area contributed by atoms with Crippen LogP contribution in [-0.2, 0) is 9.53 Å². The van der Waals surface area contributed by atoms with Crippen LogP contribution in [0.1, 0.15) is 23.3 Å². The third-order valence-electron chi connectivity index (χ3n) is 4.60. The first-order valence-electron chi connectivity index (χ1n) is 7.69. The van der Waals surface area contributed by atoms with Crippen LogP contribution >= 0.6 is 0 Å². The number of amides is 2. The van der Waals surface area contributed by atoms with Crippen molar-refractivity contribution in [2.75, 3.05) is 26.2 Å². The van der Waals surface area contributed by atoms with E-state index in [1.807, 2.05) is 4.90 Å². The van der Waals surface area contributed by atoms with Gasteiger partial charge in [0.1, 0.15) is 12.3 Å². The molecule has 1 saturated carbocycles. The molecule has 22 heavy (non-hydrogen) atoms. The number of carbonyl (C=O) groups excluding carboxylic acids is 2. The maximum Gasteiger partial charge on any atom is 0.274 e. The predicted molar refractivity (Wildman–Crippen MR) is 75.9 cm³/mol. The van der Waals surface area contributed by atoms with E-state index in [0.717, 1.165) is 6.54 Å². The Morgan fingerprint density at radius 2 is 2.18 bits per heavy atom. The monoisotopic (exact) mass is 302 g/mol. The fourth-order valence-electron chi connectivity index (χ4n) is 3.22. The molecule has 2 atom stereocenters. The number of morpholine rings is 1. The summed E-state index contributed by atoms with van der Waals surface area (Å²) in [4.78, 5) is 36.2. The van der Waals surface area contributed by atoms with Crippen molar-refractivity contribution in [2.45, 2.75) is 25.0 Å². The van der Waals surface area contributed by atoms with Gasteiger partial charge in [-0.1, -0.05) is 0 Å². The molecule has 2 amide bonds. The van der Waals surface area contributed by atoms with Gasteiger partial charge in [0.15, 0.2) is 0 Å². The summed E-state index contributed by atoms with van der Waals surface area (Å²) in [6.45, 7) is 1.95. The topological polar surface area (TPSA) is 75.6 Å². The van der Waals surface area contributed by atoms with Crippen LogP contribution in [0.25, 0.3) is 0 Å². The van der Waals surface area contributed by atoms with Crippen LogP contribution in [0.15, 0.2) is 18.6 Å². The lowest BCUT2D eigenvalue weighted by Gasteiger charge is -2.36. The second kappa shape index (κ2) is 5.31. The second-order valence-electron chi connectivity index (χ2n) is 6.21. The Morgan fingerprint density at radius 3 is 2.91 bits per heavy atom. The Labute approximate surface area is 128 Å². The molecule has 2 aliphatic heterocycles.